The van der Waals surface area contributed by atoms with Crippen LogP contribution in [0.3, 0.4) is 0 Å². The van der Waals surface area contributed by atoms with Crippen molar-refractivity contribution in [3.05, 3.63) is 124 Å². The predicted molar refractivity (Wildman–Crippen MR) is 242 cm³/mol. The molecule has 14 heteroatoms. The van der Waals surface area contributed by atoms with Gasteiger partial charge in [0.1, 0.15) is 21.4 Å². The third kappa shape index (κ3) is 7.81. The summed E-state index contributed by atoms with van der Waals surface area (Å²) in [6.07, 6.45) is 0. The largest absolute Gasteiger partial charge is 0.378 e. The van der Waals surface area contributed by atoms with Crippen LogP contribution in [0.1, 0.15) is 31.9 Å². The van der Waals surface area contributed by atoms with Crippen LogP contribution in [0.15, 0.2) is 108 Å². The fourth-order valence-corrected chi connectivity index (χ4v) is 10.6. The summed E-state index contributed by atoms with van der Waals surface area (Å²) < 4.78 is 1.17. The topological polar surface area (TPSA) is 118 Å². The van der Waals surface area contributed by atoms with E-state index in [1.54, 1.807) is 11.3 Å². The van der Waals surface area contributed by atoms with Crippen LogP contribution in [0.25, 0.3) is 31.2 Å². The number of anilines is 5. The Kier molecular flexibility index (Phi) is 10.9. The molecule has 4 N–H and O–H groups in total. The molecule has 9 rings (SSSR count). The highest BCUT2D eigenvalue weighted by Crippen LogP contribution is 2.44. The Labute approximate surface area is 349 Å². The van der Waals surface area contributed by atoms with E-state index in [1.165, 1.54) is 32.3 Å². The van der Waals surface area contributed by atoms with E-state index in [0.717, 1.165) is 94.2 Å². The molecule has 1 atom stereocenters. The first-order valence-corrected chi connectivity index (χ1v) is 21.9. The van der Waals surface area contributed by atoms with Crippen molar-refractivity contribution in [1.29, 1.82) is 0 Å². The number of hydrogen-bond donors (Lipinski definition) is 4. The number of nitrogens with zero attached hydrogens (tertiary/aromatic N) is 5. The van der Waals surface area contributed by atoms with Crippen LogP contribution >= 0.6 is 34.0 Å². The SMILES string of the molecule is CN(C)c1ccc(-c2nc(C(=O)Nc3ccccc3N3CCNC(c4sc5ccccc5c4-c4nc(C(=O)Nc5ccccc5N5CCNCC5)cs4)C3)cs2)cc1. The highest BCUT2D eigenvalue weighted by molar-refractivity contribution is 7.20. The lowest BCUT2D eigenvalue weighted by Gasteiger charge is -2.36. The quantitative estimate of drug-likeness (QED) is 0.108. The maximum Gasteiger partial charge on any atom is 0.275 e. The van der Waals surface area contributed by atoms with E-state index in [2.05, 4.69) is 84.5 Å². The summed E-state index contributed by atoms with van der Waals surface area (Å²) in [6.45, 7) is 5.79. The molecule has 0 aliphatic carbocycles. The first kappa shape index (κ1) is 37.9. The van der Waals surface area contributed by atoms with E-state index in [-0.39, 0.29) is 17.9 Å². The van der Waals surface area contributed by atoms with Gasteiger partial charge >= 0.3 is 0 Å². The number of carbonyl (C=O) groups excluding carboxylic acids is 2. The lowest BCUT2D eigenvalue weighted by molar-refractivity contribution is 0.101. The summed E-state index contributed by atoms with van der Waals surface area (Å²) in [5.74, 6) is -0.464. The number of thiophene rings is 1. The lowest BCUT2D eigenvalue weighted by Crippen LogP contribution is -2.46. The summed E-state index contributed by atoms with van der Waals surface area (Å²) in [5.41, 5.74) is 7.43. The van der Waals surface area contributed by atoms with E-state index in [1.807, 2.05) is 73.4 Å². The summed E-state index contributed by atoms with van der Waals surface area (Å²) in [4.78, 5) is 44.9. The van der Waals surface area contributed by atoms with Crippen molar-refractivity contribution in [1.82, 2.24) is 20.6 Å². The molecule has 11 nitrogen and oxygen atoms in total. The molecule has 0 bridgehead atoms. The molecule has 2 fully saturated rings. The molecule has 2 saturated heterocycles. The minimum atomic E-state index is -0.241. The molecule has 2 amide bonds. The second-order valence-electron chi connectivity index (χ2n) is 14.5. The molecule has 2 aliphatic rings. The fraction of sp³-hybridized carbons (Fsp3) is 0.227. The van der Waals surface area contributed by atoms with E-state index < -0.39 is 0 Å². The van der Waals surface area contributed by atoms with Gasteiger partial charge < -0.3 is 36.0 Å². The second kappa shape index (κ2) is 16.7. The van der Waals surface area contributed by atoms with Crippen LogP contribution in [-0.4, -0.2) is 81.7 Å². The van der Waals surface area contributed by atoms with Crippen LogP contribution in [-0.2, 0) is 0 Å². The van der Waals surface area contributed by atoms with Crippen molar-refractivity contribution >= 4 is 84.3 Å². The number of thiazole rings is 2. The monoisotopic (exact) mass is 825 g/mol. The Morgan fingerprint density at radius 1 is 0.707 bits per heavy atom. The molecule has 58 heavy (non-hydrogen) atoms. The summed E-state index contributed by atoms with van der Waals surface area (Å²) in [7, 11) is 4.02. The molecule has 294 valence electrons. The van der Waals surface area contributed by atoms with Crippen molar-refractivity contribution in [2.45, 2.75) is 6.04 Å². The van der Waals surface area contributed by atoms with Crippen LogP contribution in [0, 0.1) is 0 Å². The zero-order valence-electron chi connectivity index (χ0n) is 32.2. The van der Waals surface area contributed by atoms with E-state index in [4.69, 9.17) is 9.97 Å². The van der Waals surface area contributed by atoms with E-state index in [9.17, 15) is 9.59 Å². The van der Waals surface area contributed by atoms with Crippen LogP contribution < -0.4 is 36.0 Å². The molecule has 0 saturated carbocycles. The Morgan fingerprint density at radius 3 is 1.98 bits per heavy atom. The van der Waals surface area contributed by atoms with Crippen LogP contribution in [0.4, 0.5) is 28.4 Å². The normalized spacial score (nSPS) is 15.7. The number of fused-ring (bicyclic) bond motifs is 1. The minimum Gasteiger partial charge on any atom is -0.378 e. The summed E-state index contributed by atoms with van der Waals surface area (Å²) >= 11 is 4.72. The molecule has 3 aromatic heterocycles. The zero-order chi connectivity index (χ0) is 39.6. The minimum absolute atomic E-state index is 0.0167. The van der Waals surface area contributed by atoms with Gasteiger partial charge in [-0.3, -0.25) is 9.59 Å². The number of rotatable bonds is 10. The Balaban J connectivity index is 0.944. The number of aromatic nitrogens is 2. The highest BCUT2D eigenvalue weighted by atomic mass is 32.1. The van der Waals surface area contributed by atoms with Gasteiger partial charge in [0, 0.05) is 102 Å². The van der Waals surface area contributed by atoms with Crippen LogP contribution in [0.2, 0.25) is 0 Å². The number of carbonyl (C=O) groups is 2. The van der Waals surface area contributed by atoms with Gasteiger partial charge in [0.05, 0.1) is 28.8 Å². The third-order valence-corrected chi connectivity index (χ3v) is 13.6. The second-order valence-corrected chi connectivity index (χ2v) is 17.3. The first-order chi connectivity index (χ1) is 28.4. The Bertz CT molecular complexity index is 2570. The molecule has 0 spiro atoms. The first-order valence-electron chi connectivity index (χ1n) is 19.3. The number of nitrogens with one attached hydrogen (secondary N) is 4. The van der Waals surface area contributed by atoms with Gasteiger partial charge in [0.15, 0.2) is 0 Å². The van der Waals surface area contributed by atoms with Gasteiger partial charge in [-0.2, -0.15) is 0 Å². The third-order valence-electron chi connectivity index (χ3n) is 10.5. The number of piperazine rings is 2. The molecular formula is C44H43N9O2S3. The van der Waals surface area contributed by atoms with Crippen molar-refractivity contribution in [3.8, 4) is 21.1 Å². The zero-order valence-corrected chi connectivity index (χ0v) is 34.6. The smallest absolute Gasteiger partial charge is 0.275 e. The Morgan fingerprint density at radius 2 is 1.29 bits per heavy atom. The molecule has 7 aromatic rings. The molecule has 0 radical (unpaired) electrons. The number of para-hydroxylation sites is 4. The predicted octanol–water partition coefficient (Wildman–Crippen LogP) is 8.28. The standard InChI is InChI=1S/C44H43N9O2S3/c1-51(2)29-17-15-28(16-18-29)43-49-34(26-56-43)41(54)48-32-11-5-7-13-37(32)53-24-21-46-33(25-53)40-39(30-9-3-8-14-38(30)58-40)44-50-35(27-57-44)42(55)47-31-10-4-6-12-36(31)52-22-19-45-20-23-52/h3-18,26-27,33,45-46H,19-25H2,1-2H3,(H,47,55)(H,48,54). The van der Waals surface area contributed by atoms with E-state index in [0.29, 0.717) is 17.9 Å². The van der Waals surface area contributed by atoms with Gasteiger partial charge in [-0.25, -0.2) is 9.97 Å². The average molecular weight is 826 g/mol. The molecule has 2 aliphatic heterocycles. The number of amides is 2. The van der Waals surface area contributed by atoms with Crippen molar-refractivity contribution in [2.75, 3.05) is 85.2 Å². The van der Waals surface area contributed by atoms with Gasteiger partial charge in [-0.1, -0.05) is 42.5 Å². The Hall–Kier alpha value is -5.64. The van der Waals surface area contributed by atoms with Gasteiger partial charge in [-0.05, 0) is 54.6 Å². The maximum absolute atomic E-state index is 13.7. The van der Waals surface area contributed by atoms with Gasteiger partial charge in [0.2, 0.25) is 0 Å². The summed E-state index contributed by atoms with van der Waals surface area (Å²) in [6, 6.07) is 32.5. The van der Waals surface area contributed by atoms with E-state index >= 15 is 0 Å². The molecule has 4 aromatic carbocycles. The molecular weight excluding hydrogens is 783 g/mol. The fourth-order valence-electron chi connectivity index (χ4n) is 7.57. The van der Waals surface area contributed by atoms with Crippen molar-refractivity contribution < 1.29 is 9.59 Å². The highest BCUT2D eigenvalue weighted by Gasteiger charge is 2.29. The van der Waals surface area contributed by atoms with Crippen molar-refractivity contribution in [2.24, 2.45) is 0 Å². The van der Waals surface area contributed by atoms with Gasteiger partial charge in [0.25, 0.3) is 11.8 Å². The molecule has 1 unspecified atom stereocenters. The van der Waals surface area contributed by atoms with Gasteiger partial charge in [-0.15, -0.1) is 34.0 Å². The average Bonchev–Trinajstić information content (AvgIpc) is 4.04. The lowest BCUT2D eigenvalue weighted by atomic mass is 10.0. The maximum atomic E-state index is 13.7. The number of benzene rings is 4. The summed E-state index contributed by atoms with van der Waals surface area (Å²) in [5, 5.41) is 19.9. The van der Waals surface area contributed by atoms with Crippen molar-refractivity contribution in [3.63, 3.8) is 0 Å². The number of hydrogen-bond acceptors (Lipinski definition) is 12. The van der Waals surface area contributed by atoms with Crippen LogP contribution in [0.5, 0.6) is 0 Å². The molecule has 5 heterocycles.